The van der Waals surface area contributed by atoms with Gasteiger partial charge in [-0.15, -0.1) is 0 Å². The third-order valence-electron chi connectivity index (χ3n) is 7.40. The predicted octanol–water partition coefficient (Wildman–Crippen LogP) is 9.07. The Kier molecular flexibility index (Phi) is 14.3. The highest BCUT2D eigenvalue weighted by atomic mass is 16.6. The molecule has 1 aliphatic rings. The zero-order valence-electron chi connectivity index (χ0n) is 25.6. The van der Waals surface area contributed by atoms with Crippen LogP contribution in [0.25, 0.3) is 0 Å². The number of ether oxygens (including phenoxy) is 3. The van der Waals surface area contributed by atoms with Gasteiger partial charge < -0.3 is 14.2 Å². The zero-order valence-corrected chi connectivity index (χ0v) is 25.6. The van der Waals surface area contributed by atoms with E-state index in [0.717, 1.165) is 12.8 Å². The summed E-state index contributed by atoms with van der Waals surface area (Å²) in [6, 6.07) is 8.63. The molecule has 1 amide bonds. The molecule has 222 valence electrons. The van der Waals surface area contributed by atoms with E-state index in [9.17, 15) is 9.59 Å². The number of unbranched alkanes of at least 4 members (excludes halogenated alkanes) is 12. The van der Waals surface area contributed by atoms with Crippen LogP contribution in [0, 0.1) is 0 Å². The number of carbonyl (C=O) groups is 2. The summed E-state index contributed by atoms with van der Waals surface area (Å²) in [5, 5.41) is 0. The van der Waals surface area contributed by atoms with Gasteiger partial charge in [-0.3, -0.25) is 4.90 Å². The van der Waals surface area contributed by atoms with E-state index in [0.29, 0.717) is 18.6 Å². The molecule has 0 radical (unpaired) electrons. The van der Waals surface area contributed by atoms with Crippen molar-refractivity contribution in [3.63, 3.8) is 0 Å². The molecule has 1 heterocycles. The maximum absolute atomic E-state index is 13.2. The third kappa shape index (κ3) is 12.3. The van der Waals surface area contributed by atoms with Crippen LogP contribution in [-0.4, -0.2) is 47.0 Å². The Morgan fingerprint density at radius 2 is 1.41 bits per heavy atom. The Labute approximate surface area is 238 Å². The molecule has 0 saturated carbocycles. The van der Waals surface area contributed by atoms with Gasteiger partial charge in [0.2, 0.25) is 0 Å². The quantitative estimate of drug-likeness (QED) is 0.144. The minimum Gasteiger partial charge on any atom is -0.456 e. The van der Waals surface area contributed by atoms with Crippen LogP contribution in [0.4, 0.5) is 4.79 Å². The van der Waals surface area contributed by atoms with Gasteiger partial charge in [0.25, 0.3) is 0 Å². The van der Waals surface area contributed by atoms with E-state index in [1.54, 1.807) is 17.0 Å². The molecular weight excluding hydrogens is 490 g/mol. The number of esters is 1. The van der Waals surface area contributed by atoms with Crippen molar-refractivity contribution in [2.24, 2.45) is 0 Å². The van der Waals surface area contributed by atoms with Crippen LogP contribution in [0.2, 0.25) is 0 Å². The fourth-order valence-corrected chi connectivity index (χ4v) is 5.25. The highest BCUT2D eigenvalue weighted by molar-refractivity contribution is 5.89. The molecule has 1 aromatic carbocycles. The van der Waals surface area contributed by atoms with E-state index < -0.39 is 29.6 Å². The molecule has 2 atom stereocenters. The number of hydrogen-bond acceptors (Lipinski definition) is 5. The van der Waals surface area contributed by atoms with E-state index in [1.807, 2.05) is 52.8 Å². The van der Waals surface area contributed by atoms with Crippen molar-refractivity contribution in [3.05, 3.63) is 35.9 Å². The van der Waals surface area contributed by atoms with Crippen molar-refractivity contribution in [3.8, 4) is 0 Å². The Balaban J connectivity index is 1.89. The van der Waals surface area contributed by atoms with Crippen LogP contribution in [0.15, 0.2) is 30.3 Å². The van der Waals surface area contributed by atoms with E-state index in [4.69, 9.17) is 14.2 Å². The van der Waals surface area contributed by atoms with Crippen LogP contribution < -0.4 is 0 Å². The highest BCUT2D eigenvalue weighted by Gasteiger charge is 2.49. The molecule has 1 aliphatic heterocycles. The summed E-state index contributed by atoms with van der Waals surface area (Å²) in [7, 11) is 0. The second kappa shape index (κ2) is 16.9. The van der Waals surface area contributed by atoms with E-state index in [1.165, 1.54) is 70.6 Å². The average Bonchev–Trinajstić information content (AvgIpc) is 3.20. The molecule has 0 aromatic heterocycles. The third-order valence-corrected chi connectivity index (χ3v) is 7.40. The first-order valence-electron chi connectivity index (χ1n) is 15.5. The van der Waals surface area contributed by atoms with E-state index in [2.05, 4.69) is 6.92 Å². The van der Waals surface area contributed by atoms with E-state index in [-0.39, 0.29) is 5.97 Å². The maximum Gasteiger partial charge on any atom is 0.413 e. The summed E-state index contributed by atoms with van der Waals surface area (Å²) >= 11 is 0. The van der Waals surface area contributed by atoms with Crippen molar-refractivity contribution < 1.29 is 23.8 Å². The molecule has 6 nitrogen and oxygen atoms in total. The van der Waals surface area contributed by atoms with Crippen LogP contribution in [0.5, 0.6) is 0 Å². The van der Waals surface area contributed by atoms with Crippen molar-refractivity contribution in [2.45, 2.75) is 155 Å². The van der Waals surface area contributed by atoms with Crippen LogP contribution in [0.1, 0.15) is 142 Å². The minimum absolute atomic E-state index is 0.303. The lowest BCUT2D eigenvalue weighted by Gasteiger charge is -2.37. The zero-order chi connectivity index (χ0) is 28.7. The monoisotopic (exact) mass is 545 g/mol. The smallest absolute Gasteiger partial charge is 0.413 e. The second-order valence-electron chi connectivity index (χ2n) is 12.5. The predicted molar refractivity (Wildman–Crippen MR) is 158 cm³/mol. The molecule has 1 saturated heterocycles. The SMILES string of the molecule is CCCCCCCCCCCCCCCC(OC(=O)c1ccccc1)C1COC(C)(C)N1C(=O)OC(C)(C)C. The molecule has 0 bridgehead atoms. The summed E-state index contributed by atoms with van der Waals surface area (Å²) in [4.78, 5) is 27.9. The first kappa shape index (κ1) is 33.1. The molecule has 0 aliphatic carbocycles. The number of nitrogens with zero attached hydrogens (tertiary/aromatic N) is 1. The van der Waals surface area contributed by atoms with Gasteiger partial charge in [-0.25, -0.2) is 9.59 Å². The van der Waals surface area contributed by atoms with Gasteiger partial charge >= 0.3 is 12.1 Å². The van der Waals surface area contributed by atoms with Crippen LogP contribution in [-0.2, 0) is 14.2 Å². The summed E-state index contributed by atoms with van der Waals surface area (Å²) in [5.41, 5.74) is -0.971. The number of benzene rings is 1. The van der Waals surface area contributed by atoms with Gasteiger partial charge in [-0.1, -0.05) is 102 Å². The molecular formula is C33H55NO5. The number of amides is 1. The topological polar surface area (TPSA) is 65.1 Å². The molecule has 0 N–H and O–H groups in total. The summed E-state index contributed by atoms with van der Waals surface area (Å²) in [6.45, 7) is 11.8. The normalized spacial score (nSPS) is 17.7. The average molecular weight is 546 g/mol. The second-order valence-corrected chi connectivity index (χ2v) is 12.5. The number of hydrogen-bond donors (Lipinski definition) is 0. The van der Waals surface area contributed by atoms with Gasteiger partial charge in [0.1, 0.15) is 17.4 Å². The Bertz CT molecular complexity index is 832. The summed E-state index contributed by atoms with van der Waals surface area (Å²) in [6.07, 6.45) is 16.4. The largest absolute Gasteiger partial charge is 0.456 e. The lowest BCUT2D eigenvalue weighted by molar-refractivity contribution is -0.0698. The van der Waals surface area contributed by atoms with Crippen molar-refractivity contribution >= 4 is 12.1 Å². The maximum atomic E-state index is 13.2. The molecule has 1 fully saturated rings. The Morgan fingerprint density at radius 3 is 1.92 bits per heavy atom. The Morgan fingerprint density at radius 1 is 0.897 bits per heavy atom. The first-order chi connectivity index (χ1) is 18.5. The molecule has 2 rings (SSSR count). The van der Waals surface area contributed by atoms with Crippen LogP contribution >= 0.6 is 0 Å². The molecule has 1 aromatic rings. The van der Waals surface area contributed by atoms with E-state index >= 15 is 0 Å². The van der Waals surface area contributed by atoms with Gasteiger partial charge in [-0.2, -0.15) is 0 Å². The standard InChI is InChI=1S/C33H55NO5/c1-7-8-9-10-11-12-13-14-15-16-17-18-22-25-29(38-30(35)27-23-20-19-21-24-27)28-26-37-33(5,6)34(28)31(36)39-32(2,3)4/h19-21,23-24,28-29H,7-18,22,25-26H2,1-6H3. The highest BCUT2D eigenvalue weighted by Crippen LogP contribution is 2.33. The Hall–Kier alpha value is -2.08. The van der Waals surface area contributed by atoms with Crippen LogP contribution in [0.3, 0.4) is 0 Å². The minimum atomic E-state index is -0.847. The number of rotatable bonds is 17. The lowest BCUT2D eigenvalue weighted by Crippen LogP contribution is -2.54. The first-order valence-corrected chi connectivity index (χ1v) is 15.5. The summed E-state index contributed by atoms with van der Waals surface area (Å²) < 4.78 is 17.8. The van der Waals surface area contributed by atoms with Gasteiger partial charge in [-0.05, 0) is 59.6 Å². The van der Waals surface area contributed by atoms with Crippen molar-refractivity contribution in [1.82, 2.24) is 4.90 Å². The van der Waals surface area contributed by atoms with Gasteiger partial charge in [0, 0.05) is 0 Å². The molecule has 0 spiro atoms. The lowest BCUT2D eigenvalue weighted by atomic mass is 10.0. The fraction of sp³-hybridized carbons (Fsp3) is 0.758. The van der Waals surface area contributed by atoms with Gasteiger partial charge in [0.15, 0.2) is 0 Å². The molecule has 39 heavy (non-hydrogen) atoms. The van der Waals surface area contributed by atoms with Crippen molar-refractivity contribution in [1.29, 1.82) is 0 Å². The summed E-state index contributed by atoms with van der Waals surface area (Å²) in [5.74, 6) is -0.371. The fourth-order valence-electron chi connectivity index (χ4n) is 5.25. The van der Waals surface area contributed by atoms with Gasteiger partial charge in [0.05, 0.1) is 18.2 Å². The van der Waals surface area contributed by atoms with Crippen molar-refractivity contribution in [2.75, 3.05) is 6.61 Å². The molecule has 6 heteroatoms. The molecule has 2 unspecified atom stereocenters. The number of carbonyl (C=O) groups excluding carboxylic acids is 2.